The van der Waals surface area contributed by atoms with Crippen LogP contribution in [0.5, 0.6) is 0 Å². The summed E-state index contributed by atoms with van der Waals surface area (Å²) in [6.45, 7) is 6.98. The number of hydrogen-bond acceptors (Lipinski definition) is 1. The fourth-order valence-corrected chi connectivity index (χ4v) is 9.15. The van der Waals surface area contributed by atoms with Crippen molar-refractivity contribution in [1.29, 1.82) is 0 Å². The maximum atomic E-state index is 5.83. The van der Waals surface area contributed by atoms with E-state index in [2.05, 4.69) is 30.9 Å². The third-order valence-electron chi connectivity index (χ3n) is 1.96. The van der Waals surface area contributed by atoms with E-state index in [1.54, 1.807) is 0 Å². The third kappa shape index (κ3) is 3.94. The molecule has 0 unspecified atom stereocenters. The Hall–Kier alpha value is 0.974. The molecule has 0 heterocycles. The van der Waals surface area contributed by atoms with E-state index >= 15 is 0 Å². The lowest BCUT2D eigenvalue weighted by Crippen LogP contribution is -2.54. The molecule has 68 valence electrons. The van der Waals surface area contributed by atoms with Crippen LogP contribution >= 0.6 is 23.2 Å². The van der Waals surface area contributed by atoms with Crippen LogP contribution in [0.3, 0.4) is 0 Å². The van der Waals surface area contributed by atoms with Gasteiger partial charge in [-0.1, -0.05) is 19.6 Å². The van der Waals surface area contributed by atoms with Crippen LogP contribution in [0.1, 0.15) is 0 Å². The molecule has 0 aliphatic carbocycles. The second kappa shape index (κ2) is 4.87. The van der Waals surface area contributed by atoms with Gasteiger partial charge in [-0.3, -0.25) is 0 Å². The van der Waals surface area contributed by atoms with E-state index in [9.17, 15) is 0 Å². The van der Waals surface area contributed by atoms with E-state index in [1.165, 1.54) is 0 Å². The Labute approximate surface area is 82.4 Å². The molecule has 0 aliphatic rings. The van der Waals surface area contributed by atoms with E-state index in [4.69, 9.17) is 23.2 Å². The normalized spacial score (nSPS) is 13.1. The van der Waals surface area contributed by atoms with Gasteiger partial charge in [-0.15, -0.1) is 23.2 Å². The lowest BCUT2D eigenvalue weighted by atomic mass is 11.6. The molecule has 0 aliphatic heterocycles. The standard InChI is InChI=1S/C6H17Cl2NSi2/c1-9(11(2,3)4)10(5-7)6-8/h10H,5-6H2,1-4H3. The number of alkyl halides is 2. The first-order chi connectivity index (χ1) is 4.93. The lowest BCUT2D eigenvalue weighted by molar-refractivity contribution is 0.780. The van der Waals surface area contributed by atoms with Gasteiger partial charge in [0.2, 0.25) is 0 Å². The van der Waals surface area contributed by atoms with Crippen molar-refractivity contribution in [2.75, 3.05) is 18.1 Å². The van der Waals surface area contributed by atoms with Crippen LogP contribution in [-0.4, -0.2) is 39.5 Å². The monoisotopic (exact) mass is 229 g/mol. The first-order valence-corrected chi connectivity index (χ1v) is 10.4. The Kier molecular flexibility index (Phi) is 5.30. The zero-order chi connectivity index (χ0) is 9.07. The van der Waals surface area contributed by atoms with Gasteiger partial charge in [-0.2, -0.15) is 0 Å². The Morgan fingerprint density at radius 2 is 1.55 bits per heavy atom. The highest BCUT2D eigenvalue weighted by Crippen LogP contribution is 2.10. The topological polar surface area (TPSA) is 3.24 Å². The maximum Gasteiger partial charge on any atom is 0.134 e. The fraction of sp³-hybridized carbons (Fsp3) is 1.00. The van der Waals surface area contributed by atoms with Crippen molar-refractivity contribution in [1.82, 2.24) is 4.23 Å². The first kappa shape index (κ1) is 12.0. The minimum Gasteiger partial charge on any atom is -0.349 e. The second-order valence-corrected chi connectivity index (χ2v) is 13.9. The van der Waals surface area contributed by atoms with Gasteiger partial charge < -0.3 is 4.23 Å². The molecule has 0 atom stereocenters. The summed E-state index contributed by atoms with van der Waals surface area (Å²) in [7, 11) is 0.0497. The maximum absolute atomic E-state index is 5.83. The van der Waals surface area contributed by atoms with Crippen LogP contribution in [0.25, 0.3) is 0 Å². The van der Waals surface area contributed by atoms with Gasteiger partial charge in [0, 0.05) is 11.0 Å². The zero-order valence-electron chi connectivity index (χ0n) is 7.69. The predicted molar refractivity (Wildman–Crippen MR) is 59.7 cm³/mol. The Bertz CT molecular complexity index is 112. The summed E-state index contributed by atoms with van der Waals surface area (Å²) >= 11 is 11.7. The Balaban J connectivity index is 4.09. The quantitative estimate of drug-likeness (QED) is 0.527. The van der Waals surface area contributed by atoms with Gasteiger partial charge in [0.1, 0.15) is 17.2 Å². The highest BCUT2D eigenvalue weighted by Gasteiger charge is 2.26. The average Bonchev–Trinajstić information content (AvgIpc) is 1.88. The molecule has 0 rings (SSSR count). The fourth-order valence-electron chi connectivity index (χ4n) is 0.796. The van der Waals surface area contributed by atoms with Crippen LogP contribution in [0.4, 0.5) is 0 Å². The summed E-state index contributed by atoms with van der Waals surface area (Å²) in [4.78, 5) is 0. The van der Waals surface area contributed by atoms with E-state index in [1.807, 2.05) is 0 Å². The number of halogens is 2. The molecular weight excluding hydrogens is 213 g/mol. The minimum absolute atomic E-state index is 0.768. The summed E-state index contributed by atoms with van der Waals surface area (Å²) < 4.78 is 2.48. The molecule has 0 saturated carbocycles. The smallest absolute Gasteiger partial charge is 0.134 e. The lowest BCUT2D eigenvalue weighted by Gasteiger charge is -2.34. The van der Waals surface area contributed by atoms with E-state index in [-0.39, 0.29) is 0 Å². The average molecular weight is 230 g/mol. The van der Waals surface area contributed by atoms with Gasteiger partial charge >= 0.3 is 0 Å². The summed E-state index contributed by atoms with van der Waals surface area (Å²) in [6.07, 6.45) is 0. The van der Waals surface area contributed by atoms with Crippen molar-refractivity contribution in [3.63, 3.8) is 0 Å². The zero-order valence-corrected chi connectivity index (χ0v) is 11.4. The van der Waals surface area contributed by atoms with Crippen molar-refractivity contribution in [2.45, 2.75) is 19.6 Å². The van der Waals surface area contributed by atoms with Crippen LogP contribution in [0.15, 0.2) is 0 Å². The highest BCUT2D eigenvalue weighted by molar-refractivity contribution is 6.86. The molecule has 0 aromatic rings. The summed E-state index contributed by atoms with van der Waals surface area (Å²) in [5.74, 6) is 0. The molecule has 5 heteroatoms. The number of nitrogens with zero attached hydrogens (tertiary/aromatic N) is 1. The number of hydrogen-bond donors (Lipinski definition) is 0. The Morgan fingerprint density at radius 3 is 1.64 bits per heavy atom. The van der Waals surface area contributed by atoms with Crippen molar-refractivity contribution in [3.8, 4) is 0 Å². The van der Waals surface area contributed by atoms with Gasteiger partial charge in [0.05, 0.1) is 0 Å². The minimum atomic E-state index is -1.14. The largest absolute Gasteiger partial charge is 0.349 e. The molecule has 0 aromatic heterocycles. The van der Waals surface area contributed by atoms with E-state index in [0.29, 0.717) is 0 Å². The summed E-state index contributed by atoms with van der Waals surface area (Å²) in [5.41, 5.74) is 1.54. The molecule has 11 heavy (non-hydrogen) atoms. The molecule has 0 saturated heterocycles. The molecule has 0 bridgehead atoms. The van der Waals surface area contributed by atoms with Gasteiger partial charge in [-0.05, 0) is 7.05 Å². The van der Waals surface area contributed by atoms with E-state index < -0.39 is 17.2 Å². The van der Waals surface area contributed by atoms with Crippen LogP contribution in [0, 0.1) is 0 Å². The molecule has 1 nitrogen and oxygen atoms in total. The van der Waals surface area contributed by atoms with Crippen molar-refractivity contribution in [3.05, 3.63) is 0 Å². The summed E-state index contributed by atoms with van der Waals surface area (Å²) in [5, 5.41) is 0. The van der Waals surface area contributed by atoms with Crippen LogP contribution < -0.4 is 0 Å². The predicted octanol–water partition coefficient (Wildman–Crippen LogP) is 2.03. The summed E-state index contributed by atoms with van der Waals surface area (Å²) in [6, 6.07) is 0. The highest BCUT2D eigenvalue weighted by atomic mass is 35.5. The molecule has 0 spiro atoms. The van der Waals surface area contributed by atoms with Crippen molar-refractivity contribution < 1.29 is 0 Å². The molecule has 0 N–H and O–H groups in total. The van der Waals surface area contributed by atoms with Gasteiger partial charge in [-0.25, -0.2) is 0 Å². The van der Waals surface area contributed by atoms with Crippen molar-refractivity contribution >= 4 is 40.4 Å². The second-order valence-electron chi connectivity index (χ2n) is 3.74. The molecule has 0 radical (unpaired) electrons. The van der Waals surface area contributed by atoms with Gasteiger partial charge in [0.15, 0.2) is 0 Å². The SMILES string of the molecule is CN([SiH](CCl)CCl)[Si](C)(C)C. The molecule has 0 fully saturated rings. The van der Waals surface area contributed by atoms with Crippen LogP contribution in [0.2, 0.25) is 19.6 Å². The Morgan fingerprint density at radius 1 is 1.18 bits per heavy atom. The van der Waals surface area contributed by atoms with Crippen LogP contribution in [-0.2, 0) is 0 Å². The first-order valence-electron chi connectivity index (χ1n) is 3.78. The molecule has 0 aromatic carbocycles. The molecule has 0 amide bonds. The third-order valence-corrected chi connectivity index (χ3v) is 11.4. The molecular formula is C6H17Cl2NSi2. The van der Waals surface area contributed by atoms with E-state index in [0.717, 1.165) is 11.0 Å². The number of rotatable bonds is 4. The van der Waals surface area contributed by atoms with Crippen molar-refractivity contribution in [2.24, 2.45) is 0 Å². The van der Waals surface area contributed by atoms with Gasteiger partial charge in [0.25, 0.3) is 0 Å².